The molecule has 4 rings (SSSR count). The number of anilines is 1. The number of halogens is 1. The van der Waals surface area contributed by atoms with Crippen LogP contribution < -0.4 is 10.2 Å². The number of hydrogen-bond donors (Lipinski definition) is 1. The van der Waals surface area contributed by atoms with Crippen LogP contribution in [0.2, 0.25) is 0 Å². The fourth-order valence-corrected chi connectivity index (χ4v) is 4.43. The Morgan fingerprint density at radius 2 is 1.91 bits per heavy atom. The molecule has 0 atom stereocenters. The van der Waals surface area contributed by atoms with E-state index >= 15 is 0 Å². The average molecular weight is 551 g/mol. The van der Waals surface area contributed by atoms with Gasteiger partial charge in [0, 0.05) is 58.6 Å². The number of carbonyl (C=O) groups excluding carboxylic acids is 1. The second-order valence-electron chi connectivity index (χ2n) is 8.99. The fraction of sp³-hybridized carbons (Fsp3) is 0.522. The van der Waals surface area contributed by atoms with E-state index in [1.807, 2.05) is 18.1 Å². The van der Waals surface area contributed by atoms with Gasteiger partial charge in [-0.25, -0.2) is 0 Å². The van der Waals surface area contributed by atoms with Gasteiger partial charge in [0.15, 0.2) is 5.96 Å². The topological polar surface area (TPSA) is 69.0 Å². The summed E-state index contributed by atoms with van der Waals surface area (Å²) in [4.78, 5) is 23.6. The van der Waals surface area contributed by atoms with Crippen molar-refractivity contribution in [1.82, 2.24) is 24.9 Å². The summed E-state index contributed by atoms with van der Waals surface area (Å²) in [7, 11) is 3.64. The lowest BCUT2D eigenvalue weighted by molar-refractivity contribution is -0.120. The molecule has 2 aromatic rings. The Hall–Kier alpha value is -2.14. The van der Waals surface area contributed by atoms with E-state index in [0.29, 0.717) is 13.1 Å². The molecule has 174 valence electrons. The van der Waals surface area contributed by atoms with Crippen molar-refractivity contribution in [3.63, 3.8) is 0 Å². The third-order valence-corrected chi connectivity index (χ3v) is 6.40. The maximum absolute atomic E-state index is 12.8. The van der Waals surface area contributed by atoms with E-state index < -0.39 is 0 Å². The van der Waals surface area contributed by atoms with Crippen LogP contribution in [-0.4, -0.2) is 76.8 Å². The Bertz CT molecular complexity index is 971. The molecule has 8 nitrogen and oxygen atoms in total. The van der Waals surface area contributed by atoms with Crippen LogP contribution >= 0.6 is 24.0 Å². The minimum atomic E-state index is -0.0367. The summed E-state index contributed by atoms with van der Waals surface area (Å²) in [6.45, 7) is 8.98. The van der Waals surface area contributed by atoms with Crippen LogP contribution in [0.5, 0.6) is 0 Å². The number of guanidine groups is 1. The summed E-state index contributed by atoms with van der Waals surface area (Å²) in [6, 6.07) is 8.72. The summed E-state index contributed by atoms with van der Waals surface area (Å²) < 4.78 is 1.72. The molecule has 0 bridgehead atoms. The smallest absolute Gasteiger partial charge is 0.246 e. The van der Waals surface area contributed by atoms with E-state index in [9.17, 15) is 4.79 Å². The van der Waals surface area contributed by atoms with Crippen molar-refractivity contribution in [3.8, 4) is 0 Å². The fourth-order valence-electron chi connectivity index (χ4n) is 4.43. The lowest BCUT2D eigenvalue weighted by Crippen LogP contribution is -2.58. The highest BCUT2D eigenvalue weighted by molar-refractivity contribution is 14.0. The molecule has 1 amide bonds. The zero-order valence-corrected chi connectivity index (χ0v) is 21.7. The second-order valence-corrected chi connectivity index (χ2v) is 8.99. The van der Waals surface area contributed by atoms with E-state index in [1.54, 1.807) is 22.8 Å². The number of benzene rings is 1. The maximum atomic E-state index is 12.8. The maximum Gasteiger partial charge on any atom is 0.246 e. The molecular weight excluding hydrogens is 517 g/mol. The SMILES string of the molecule is CN=C(NCC(C)(C)N1CCc2ccccc2C1)N1CCN(c2cnn(C)c2)C(=O)C1.I. The first-order valence-corrected chi connectivity index (χ1v) is 10.9. The van der Waals surface area contributed by atoms with Gasteiger partial charge in [-0.05, 0) is 31.4 Å². The van der Waals surface area contributed by atoms with E-state index in [4.69, 9.17) is 0 Å². The van der Waals surface area contributed by atoms with E-state index in [-0.39, 0.29) is 35.4 Å². The number of nitrogens with zero attached hydrogens (tertiary/aromatic N) is 6. The van der Waals surface area contributed by atoms with Crippen LogP contribution in [0.15, 0.2) is 41.7 Å². The molecule has 1 N–H and O–H groups in total. The summed E-state index contributed by atoms with van der Waals surface area (Å²) in [5.41, 5.74) is 3.69. The summed E-state index contributed by atoms with van der Waals surface area (Å²) in [6.07, 6.45) is 4.69. The molecule has 0 radical (unpaired) electrons. The highest BCUT2D eigenvalue weighted by Crippen LogP contribution is 2.25. The standard InChI is InChI=1S/C23H33N7O.HI/c1-23(2,29-10-9-18-7-5-6-8-19(18)14-29)17-25-22(24-3)28-11-12-30(21(31)16-28)20-13-26-27(4)15-20;/h5-8,13,15H,9-12,14,16-17H2,1-4H3,(H,24,25);1H. The molecule has 0 unspecified atom stereocenters. The van der Waals surface area contributed by atoms with E-state index in [2.05, 4.69) is 58.4 Å². The number of aliphatic imine (C=N–C) groups is 1. The van der Waals surface area contributed by atoms with Gasteiger partial charge < -0.3 is 15.1 Å². The molecule has 1 aromatic heterocycles. The predicted octanol–water partition coefficient (Wildman–Crippen LogP) is 2.10. The normalized spacial score (nSPS) is 17.8. The number of carbonyl (C=O) groups is 1. The number of nitrogens with one attached hydrogen (secondary N) is 1. The number of hydrogen-bond acceptors (Lipinski definition) is 4. The number of fused-ring (bicyclic) bond motifs is 1. The number of aryl methyl sites for hydroxylation is 1. The first kappa shape index (κ1) is 24.5. The number of aromatic nitrogens is 2. The van der Waals surface area contributed by atoms with Crippen molar-refractivity contribution >= 4 is 41.5 Å². The van der Waals surface area contributed by atoms with Crippen LogP contribution in [0.25, 0.3) is 0 Å². The predicted molar refractivity (Wildman–Crippen MR) is 139 cm³/mol. The van der Waals surface area contributed by atoms with Crippen LogP contribution in [0.4, 0.5) is 5.69 Å². The molecule has 0 saturated carbocycles. The van der Waals surface area contributed by atoms with Crippen LogP contribution in [-0.2, 0) is 24.8 Å². The first-order chi connectivity index (χ1) is 14.9. The largest absolute Gasteiger partial charge is 0.354 e. The Morgan fingerprint density at radius 3 is 2.56 bits per heavy atom. The van der Waals surface area contributed by atoms with Gasteiger partial charge in [-0.1, -0.05) is 24.3 Å². The molecule has 9 heteroatoms. The minimum Gasteiger partial charge on any atom is -0.354 e. The van der Waals surface area contributed by atoms with Crippen molar-refractivity contribution in [3.05, 3.63) is 47.8 Å². The Balaban J connectivity index is 0.00000289. The molecule has 32 heavy (non-hydrogen) atoms. The lowest BCUT2D eigenvalue weighted by atomic mass is 9.94. The van der Waals surface area contributed by atoms with Gasteiger partial charge in [-0.3, -0.25) is 19.4 Å². The van der Waals surface area contributed by atoms with Crippen LogP contribution in [0, 0.1) is 0 Å². The van der Waals surface area contributed by atoms with Crippen LogP contribution in [0.3, 0.4) is 0 Å². The van der Waals surface area contributed by atoms with Crippen molar-refractivity contribution < 1.29 is 4.79 Å². The molecule has 3 heterocycles. The van der Waals surface area contributed by atoms with Crippen molar-refractivity contribution in [2.24, 2.45) is 12.0 Å². The number of amides is 1. The third-order valence-electron chi connectivity index (χ3n) is 6.40. The molecule has 2 aliphatic heterocycles. The molecule has 1 aromatic carbocycles. The molecule has 0 spiro atoms. The number of piperazine rings is 1. The zero-order valence-electron chi connectivity index (χ0n) is 19.4. The molecule has 1 fully saturated rings. The highest BCUT2D eigenvalue weighted by Gasteiger charge is 2.32. The summed E-state index contributed by atoms with van der Waals surface area (Å²) in [5, 5.41) is 7.71. The quantitative estimate of drug-likeness (QED) is 0.358. The summed E-state index contributed by atoms with van der Waals surface area (Å²) >= 11 is 0. The third kappa shape index (κ3) is 5.25. The van der Waals surface area contributed by atoms with Crippen LogP contribution in [0.1, 0.15) is 25.0 Å². The zero-order chi connectivity index (χ0) is 22.0. The monoisotopic (exact) mass is 551 g/mol. The minimum absolute atomic E-state index is 0. The molecule has 2 aliphatic rings. The van der Waals surface area contributed by atoms with Crippen molar-refractivity contribution in [2.45, 2.75) is 32.4 Å². The van der Waals surface area contributed by atoms with Gasteiger partial charge in [0.1, 0.15) is 6.54 Å². The van der Waals surface area contributed by atoms with Gasteiger partial charge >= 0.3 is 0 Å². The number of rotatable bonds is 4. The van der Waals surface area contributed by atoms with Gasteiger partial charge in [0.05, 0.1) is 11.9 Å². The average Bonchev–Trinajstić information content (AvgIpc) is 3.19. The van der Waals surface area contributed by atoms with E-state index in [0.717, 1.165) is 44.2 Å². The second kappa shape index (κ2) is 10.2. The summed E-state index contributed by atoms with van der Waals surface area (Å²) in [5.74, 6) is 0.846. The van der Waals surface area contributed by atoms with Crippen molar-refractivity contribution in [2.75, 3.05) is 44.7 Å². The molecular formula is C23H34IN7O. The molecule has 1 saturated heterocycles. The Labute approximate surface area is 207 Å². The Kier molecular flexibility index (Phi) is 7.81. The van der Waals surface area contributed by atoms with Gasteiger partial charge in [0.2, 0.25) is 5.91 Å². The first-order valence-electron chi connectivity index (χ1n) is 10.9. The van der Waals surface area contributed by atoms with Gasteiger partial charge in [-0.2, -0.15) is 5.10 Å². The highest BCUT2D eigenvalue weighted by atomic mass is 127. The van der Waals surface area contributed by atoms with Crippen molar-refractivity contribution in [1.29, 1.82) is 0 Å². The Morgan fingerprint density at radius 1 is 1.16 bits per heavy atom. The molecule has 0 aliphatic carbocycles. The van der Waals surface area contributed by atoms with E-state index in [1.165, 1.54) is 11.1 Å². The van der Waals surface area contributed by atoms with Gasteiger partial charge in [0.25, 0.3) is 0 Å². The lowest BCUT2D eigenvalue weighted by Gasteiger charge is -2.43. The van der Waals surface area contributed by atoms with Gasteiger partial charge in [-0.15, -0.1) is 24.0 Å².